The van der Waals surface area contributed by atoms with Crippen molar-refractivity contribution in [3.05, 3.63) is 59.3 Å². The second kappa shape index (κ2) is 8.21. The van der Waals surface area contributed by atoms with Crippen molar-refractivity contribution in [2.24, 2.45) is 0 Å². The fraction of sp³-hybridized carbons (Fsp3) is 0.333. The van der Waals surface area contributed by atoms with Crippen LogP contribution in [0.2, 0.25) is 0 Å². The second-order valence-corrected chi connectivity index (χ2v) is 6.31. The predicted octanol–water partition coefficient (Wildman–Crippen LogP) is 3.68. The fourth-order valence-corrected chi connectivity index (χ4v) is 3.37. The van der Waals surface area contributed by atoms with Gasteiger partial charge in [-0.3, -0.25) is 9.59 Å². The number of methoxy groups -OCH3 is 1. The third-order valence-corrected chi connectivity index (χ3v) is 4.56. The molecule has 1 aliphatic rings. The molecule has 0 saturated carbocycles. The van der Waals surface area contributed by atoms with E-state index < -0.39 is 23.5 Å². The molecule has 7 nitrogen and oxygen atoms in total. The number of aliphatic hydroxyl groups excluding tert-OH is 1. The number of hydrogen-bond donors (Lipinski definition) is 1. The first-order chi connectivity index (χ1) is 13.5. The molecule has 1 aromatic heterocycles. The summed E-state index contributed by atoms with van der Waals surface area (Å²) < 4.78 is 16.1. The van der Waals surface area contributed by atoms with Crippen molar-refractivity contribution in [2.75, 3.05) is 20.3 Å². The zero-order chi connectivity index (χ0) is 20.3. The highest BCUT2D eigenvalue weighted by Crippen LogP contribution is 2.41. The maximum absolute atomic E-state index is 13.0. The quantitative estimate of drug-likeness (QED) is 0.698. The Labute approximate surface area is 163 Å². The minimum Gasteiger partial charge on any atom is -0.503 e. The standard InChI is InChI=1S/C21H23NO6/c1-4-10-22-18(13-8-9-14(27-5-2)16(12-13)26-3)17(20(24)21(22)25)19(23)15-7-6-11-28-15/h6-9,11-12,18,24H,4-5,10H2,1-3H3. The molecule has 1 N–H and O–H groups in total. The Bertz CT molecular complexity index is 900. The van der Waals surface area contributed by atoms with E-state index in [1.807, 2.05) is 13.8 Å². The number of aliphatic hydroxyl groups is 1. The van der Waals surface area contributed by atoms with E-state index in [-0.39, 0.29) is 11.3 Å². The molecule has 2 aromatic rings. The van der Waals surface area contributed by atoms with Crippen LogP contribution in [0.3, 0.4) is 0 Å². The number of nitrogens with zero attached hydrogens (tertiary/aromatic N) is 1. The lowest BCUT2D eigenvalue weighted by atomic mass is 9.94. The van der Waals surface area contributed by atoms with Gasteiger partial charge in [0.05, 0.1) is 31.6 Å². The molecule has 3 rings (SSSR count). The summed E-state index contributed by atoms with van der Waals surface area (Å²) in [5, 5.41) is 10.5. The van der Waals surface area contributed by atoms with E-state index in [1.54, 1.807) is 24.3 Å². The first-order valence-electron chi connectivity index (χ1n) is 9.16. The molecule has 2 heterocycles. The van der Waals surface area contributed by atoms with E-state index in [2.05, 4.69) is 0 Å². The molecule has 7 heteroatoms. The van der Waals surface area contributed by atoms with E-state index in [9.17, 15) is 14.7 Å². The summed E-state index contributed by atoms with van der Waals surface area (Å²) in [6.07, 6.45) is 2.05. The van der Waals surface area contributed by atoms with Gasteiger partial charge in [0.2, 0.25) is 5.78 Å². The Kier molecular flexibility index (Phi) is 5.73. The molecule has 1 unspecified atom stereocenters. The van der Waals surface area contributed by atoms with Crippen LogP contribution in [-0.4, -0.2) is 42.0 Å². The number of hydrogen-bond acceptors (Lipinski definition) is 6. The number of ketones is 1. The third kappa shape index (κ3) is 3.35. The number of furan rings is 1. The molecule has 0 fully saturated rings. The number of rotatable bonds is 8. The lowest BCUT2D eigenvalue weighted by Gasteiger charge is -2.26. The van der Waals surface area contributed by atoms with Gasteiger partial charge < -0.3 is 23.9 Å². The van der Waals surface area contributed by atoms with Crippen molar-refractivity contribution in [1.29, 1.82) is 0 Å². The number of ether oxygens (including phenoxy) is 2. The highest BCUT2D eigenvalue weighted by molar-refractivity contribution is 6.15. The Balaban J connectivity index is 2.10. The van der Waals surface area contributed by atoms with Gasteiger partial charge in [-0.05, 0) is 43.2 Å². The normalized spacial score (nSPS) is 16.6. The van der Waals surface area contributed by atoms with Crippen molar-refractivity contribution in [3.63, 3.8) is 0 Å². The Morgan fingerprint density at radius 3 is 2.64 bits per heavy atom. The topological polar surface area (TPSA) is 89.2 Å². The van der Waals surface area contributed by atoms with Crippen LogP contribution >= 0.6 is 0 Å². The van der Waals surface area contributed by atoms with Crippen LogP contribution in [0.25, 0.3) is 0 Å². The van der Waals surface area contributed by atoms with Gasteiger partial charge >= 0.3 is 0 Å². The second-order valence-electron chi connectivity index (χ2n) is 6.31. The van der Waals surface area contributed by atoms with Crippen LogP contribution in [0.5, 0.6) is 11.5 Å². The molecule has 0 aliphatic carbocycles. The summed E-state index contributed by atoms with van der Waals surface area (Å²) >= 11 is 0. The van der Waals surface area contributed by atoms with E-state index in [0.29, 0.717) is 36.6 Å². The number of carbonyl (C=O) groups excluding carboxylic acids is 2. The molecule has 0 saturated heterocycles. The molecule has 1 amide bonds. The summed E-state index contributed by atoms with van der Waals surface area (Å²) in [4.78, 5) is 27.1. The van der Waals surface area contributed by atoms with Crippen LogP contribution in [0.15, 0.2) is 52.3 Å². The first-order valence-corrected chi connectivity index (χ1v) is 9.16. The molecule has 0 bridgehead atoms. The molecule has 148 valence electrons. The van der Waals surface area contributed by atoms with Gasteiger partial charge in [0.25, 0.3) is 5.91 Å². The van der Waals surface area contributed by atoms with Crippen LogP contribution in [0.1, 0.15) is 42.4 Å². The first kappa shape index (κ1) is 19.5. The largest absolute Gasteiger partial charge is 0.503 e. The molecule has 1 aliphatic heterocycles. The smallest absolute Gasteiger partial charge is 0.290 e. The van der Waals surface area contributed by atoms with Crippen molar-refractivity contribution in [3.8, 4) is 11.5 Å². The molecule has 0 spiro atoms. The lowest BCUT2D eigenvalue weighted by molar-refractivity contribution is -0.129. The van der Waals surface area contributed by atoms with Gasteiger partial charge in [-0.1, -0.05) is 13.0 Å². The lowest BCUT2D eigenvalue weighted by Crippen LogP contribution is -2.31. The third-order valence-electron chi connectivity index (χ3n) is 4.56. The zero-order valence-electron chi connectivity index (χ0n) is 16.1. The fourth-order valence-electron chi connectivity index (χ4n) is 3.37. The van der Waals surface area contributed by atoms with Gasteiger partial charge in [-0.15, -0.1) is 0 Å². The van der Waals surface area contributed by atoms with Gasteiger partial charge in [-0.25, -0.2) is 0 Å². The number of carbonyl (C=O) groups is 2. The summed E-state index contributed by atoms with van der Waals surface area (Å²) in [6, 6.07) is 7.57. The van der Waals surface area contributed by atoms with E-state index in [4.69, 9.17) is 13.9 Å². The van der Waals surface area contributed by atoms with Crippen molar-refractivity contribution in [2.45, 2.75) is 26.3 Å². The maximum atomic E-state index is 13.0. The van der Waals surface area contributed by atoms with Gasteiger partial charge in [0.15, 0.2) is 23.0 Å². The number of amides is 1. The highest BCUT2D eigenvalue weighted by Gasteiger charge is 2.44. The van der Waals surface area contributed by atoms with Crippen molar-refractivity contribution >= 4 is 11.7 Å². The summed E-state index contributed by atoms with van der Waals surface area (Å²) in [5.74, 6) is -0.531. The monoisotopic (exact) mass is 385 g/mol. The van der Waals surface area contributed by atoms with Gasteiger partial charge in [0.1, 0.15) is 0 Å². The Morgan fingerprint density at radius 2 is 2.04 bits per heavy atom. The molecule has 1 atom stereocenters. The van der Waals surface area contributed by atoms with Crippen molar-refractivity contribution in [1.82, 2.24) is 4.90 Å². The maximum Gasteiger partial charge on any atom is 0.290 e. The molecular weight excluding hydrogens is 362 g/mol. The summed E-state index contributed by atoms with van der Waals surface area (Å²) in [7, 11) is 1.52. The minimum atomic E-state index is -0.741. The van der Waals surface area contributed by atoms with Crippen molar-refractivity contribution < 1.29 is 28.6 Å². The molecule has 0 radical (unpaired) electrons. The van der Waals surface area contributed by atoms with Crippen LogP contribution in [-0.2, 0) is 4.79 Å². The molecular formula is C21H23NO6. The number of benzene rings is 1. The van der Waals surface area contributed by atoms with Gasteiger partial charge in [0, 0.05) is 6.54 Å². The van der Waals surface area contributed by atoms with Crippen LogP contribution in [0.4, 0.5) is 0 Å². The predicted molar refractivity (Wildman–Crippen MR) is 102 cm³/mol. The zero-order valence-corrected chi connectivity index (χ0v) is 16.1. The Morgan fingerprint density at radius 1 is 1.25 bits per heavy atom. The van der Waals surface area contributed by atoms with E-state index in [0.717, 1.165) is 0 Å². The Hall–Kier alpha value is -3.22. The summed E-state index contributed by atoms with van der Waals surface area (Å²) in [6.45, 7) is 4.65. The summed E-state index contributed by atoms with van der Waals surface area (Å²) in [5.41, 5.74) is 0.640. The van der Waals surface area contributed by atoms with Crippen LogP contribution < -0.4 is 9.47 Å². The minimum absolute atomic E-state index is 0.000358. The highest BCUT2D eigenvalue weighted by atomic mass is 16.5. The number of Topliss-reactive ketones (excluding diaryl/α,β-unsaturated/α-hetero) is 1. The average molecular weight is 385 g/mol. The van der Waals surface area contributed by atoms with E-state index in [1.165, 1.54) is 24.3 Å². The van der Waals surface area contributed by atoms with Crippen LogP contribution in [0, 0.1) is 0 Å². The molecule has 1 aromatic carbocycles. The van der Waals surface area contributed by atoms with Gasteiger partial charge in [-0.2, -0.15) is 0 Å². The van der Waals surface area contributed by atoms with E-state index >= 15 is 0 Å². The molecule has 28 heavy (non-hydrogen) atoms. The average Bonchev–Trinajstić information content (AvgIpc) is 3.32. The SMILES string of the molecule is CCCN1C(=O)C(O)=C(C(=O)c2ccco2)C1c1ccc(OCC)c(OC)c1.